The van der Waals surface area contributed by atoms with Crippen LogP contribution in [-0.2, 0) is 19.7 Å². The smallest absolute Gasteiger partial charge is 0.325 e. The molecule has 1 atom stereocenters. The maximum Gasteiger partial charge on any atom is 0.325 e. The Labute approximate surface area is 103 Å². The van der Waals surface area contributed by atoms with Gasteiger partial charge < -0.3 is 4.74 Å². The summed E-state index contributed by atoms with van der Waals surface area (Å²) in [4.78, 5) is 11.8. The van der Waals surface area contributed by atoms with Crippen molar-refractivity contribution in [3.8, 4) is 0 Å². The van der Waals surface area contributed by atoms with Crippen LogP contribution in [0.2, 0.25) is 0 Å². The molecule has 0 saturated carbocycles. The van der Waals surface area contributed by atoms with E-state index in [0.29, 0.717) is 0 Å². The molecule has 2 N–H and O–H groups in total. The Morgan fingerprint density at radius 2 is 1.71 bits per heavy atom. The third-order valence-corrected chi connectivity index (χ3v) is 2.98. The summed E-state index contributed by atoms with van der Waals surface area (Å²) in [6.07, 6.45) is 0. The van der Waals surface area contributed by atoms with E-state index >= 15 is 0 Å². The number of carbonyl (C=O) groups excluding carboxylic acids is 1. The lowest BCUT2D eigenvalue weighted by atomic mass is 10.1. The highest BCUT2D eigenvalue weighted by atomic mass is 32.2. The molecule has 0 unspecified atom stereocenters. The second-order valence-corrected chi connectivity index (χ2v) is 6.73. The Hall–Kier alpha value is -0.660. The summed E-state index contributed by atoms with van der Waals surface area (Å²) in [5, 5.41) is 0. The van der Waals surface area contributed by atoms with E-state index in [1.165, 1.54) is 7.05 Å². The molecule has 0 aromatic heterocycles. The number of rotatable bonds is 5. The van der Waals surface area contributed by atoms with Gasteiger partial charge in [0.25, 0.3) is 10.2 Å². The Morgan fingerprint density at radius 3 is 2.00 bits per heavy atom. The van der Waals surface area contributed by atoms with E-state index in [2.05, 4.69) is 9.44 Å². The number of carbonyl (C=O) groups is 1. The van der Waals surface area contributed by atoms with Crippen LogP contribution in [0.4, 0.5) is 0 Å². The van der Waals surface area contributed by atoms with Crippen LogP contribution < -0.4 is 9.44 Å². The molecule has 7 heteroatoms. The van der Waals surface area contributed by atoms with Crippen LogP contribution in [0, 0.1) is 5.92 Å². The SMILES string of the molecule is CNS(=O)(=O)N[C@H](C(=O)OC(C)(C)C)C(C)C. The van der Waals surface area contributed by atoms with Gasteiger partial charge in [-0.2, -0.15) is 13.1 Å². The first kappa shape index (κ1) is 16.3. The molecule has 0 saturated heterocycles. The van der Waals surface area contributed by atoms with Gasteiger partial charge >= 0.3 is 5.97 Å². The molecule has 0 radical (unpaired) electrons. The second-order valence-electron chi connectivity index (χ2n) is 5.08. The fraction of sp³-hybridized carbons (Fsp3) is 0.900. The molecule has 0 aliphatic heterocycles. The highest BCUT2D eigenvalue weighted by molar-refractivity contribution is 7.87. The van der Waals surface area contributed by atoms with E-state index in [0.717, 1.165) is 0 Å². The molecule has 6 nitrogen and oxygen atoms in total. The molecular weight excluding hydrogens is 244 g/mol. The van der Waals surface area contributed by atoms with Crippen molar-refractivity contribution < 1.29 is 17.9 Å². The molecule has 0 aliphatic rings. The molecule has 102 valence electrons. The summed E-state index contributed by atoms with van der Waals surface area (Å²) >= 11 is 0. The molecule has 0 aromatic carbocycles. The first-order chi connectivity index (χ1) is 7.48. The molecule has 0 fully saturated rings. The van der Waals surface area contributed by atoms with Gasteiger partial charge in [-0.1, -0.05) is 13.8 Å². The Bertz CT molecular complexity index is 357. The number of esters is 1. The summed E-state index contributed by atoms with van der Waals surface area (Å²) in [5.74, 6) is -0.778. The number of hydrogen-bond acceptors (Lipinski definition) is 4. The minimum absolute atomic E-state index is 0.201. The maximum atomic E-state index is 11.8. The van der Waals surface area contributed by atoms with E-state index in [-0.39, 0.29) is 5.92 Å². The van der Waals surface area contributed by atoms with Crippen molar-refractivity contribution in [3.63, 3.8) is 0 Å². The molecular formula is C10H22N2O4S. The topological polar surface area (TPSA) is 84.5 Å². The lowest BCUT2D eigenvalue weighted by molar-refractivity contribution is -0.158. The largest absolute Gasteiger partial charge is 0.459 e. The van der Waals surface area contributed by atoms with Crippen LogP contribution in [0.25, 0.3) is 0 Å². The average molecular weight is 266 g/mol. The van der Waals surface area contributed by atoms with Gasteiger partial charge in [0, 0.05) is 7.05 Å². The fourth-order valence-corrected chi connectivity index (χ4v) is 1.87. The van der Waals surface area contributed by atoms with Crippen LogP contribution in [-0.4, -0.2) is 33.1 Å². The lowest BCUT2D eigenvalue weighted by Crippen LogP contribution is -2.50. The number of nitrogens with one attached hydrogen (secondary N) is 2. The molecule has 0 amide bonds. The number of ether oxygens (including phenoxy) is 1. The van der Waals surface area contributed by atoms with Crippen LogP contribution in [0.3, 0.4) is 0 Å². The van der Waals surface area contributed by atoms with Crippen molar-refractivity contribution in [2.75, 3.05) is 7.05 Å². The third-order valence-electron chi connectivity index (χ3n) is 1.88. The normalized spacial score (nSPS) is 14.8. The molecule has 0 aliphatic carbocycles. The van der Waals surface area contributed by atoms with E-state index < -0.39 is 27.8 Å². The molecule has 0 spiro atoms. The van der Waals surface area contributed by atoms with Crippen molar-refractivity contribution in [2.24, 2.45) is 5.92 Å². The lowest BCUT2D eigenvalue weighted by Gasteiger charge is -2.26. The summed E-state index contributed by atoms with van der Waals surface area (Å²) in [7, 11) is -2.39. The van der Waals surface area contributed by atoms with Gasteiger partial charge in [-0.05, 0) is 26.7 Å². The predicted octanol–water partition coefficient (Wildman–Crippen LogP) is 0.407. The highest BCUT2D eigenvalue weighted by Gasteiger charge is 2.30. The van der Waals surface area contributed by atoms with Gasteiger partial charge in [-0.3, -0.25) is 4.79 Å². The quantitative estimate of drug-likeness (QED) is 0.706. The molecule has 0 aromatic rings. The zero-order valence-corrected chi connectivity index (χ0v) is 12.0. The molecule has 0 bridgehead atoms. The third kappa shape index (κ3) is 6.60. The van der Waals surface area contributed by atoms with Gasteiger partial charge in [0.1, 0.15) is 11.6 Å². The van der Waals surface area contributed by atoms with Crippen molar-refractivity contribution in [2.45, 2.75) is 46.3 Å². The van der Waals surface area contributed by atoms with Crippen LogP contribution in [0.15, 0.2) is 0 Å². The first-order valence-electron chi connectivity index (χ1n) is 5.42. The summed E-state index contributed by atoms with van der Waals surface area (Å²) in [5.41, 5.74) is -0.644. The predicted molar refractivity (Wildman–Crippen MR) is 65.6 cm³/mol. The second kappa shape index (κ2) is 5.79. The van der Waals surface area contributed by atoms with Crippen LogP contribution in [0.5, 0.6) is 0 Å². The van der Waals surface area contributed by atoms with Gasteiger partial charge in [0.15, 0.2) is 0 Å². The zero-order chi connectivity index (χ0) is 13.9. The average Bonchev–Trinajstić information content (AvgIpc) is 2.11. The zero-order valence-electron chi connectivity index (χ0n) is 11.2. The molecule has 17 heavy (non-hydrogen) atoms. The first-order valence-corrected chi connectivity index (χ1v) is 6.90. The standard InChI is InChI=1S/C10H22N2O4S/c1-7(2)8(12-17(14,15)11-6)9(13)16-10(3,4)5/h7-8,11-12H,1-6H3/t8-/m0/s1. The van der Waals surface area contributed by atoms with Crippen molar-refractivity contribution in [1.82, 2.24) is 9.44 Å². The van der Waals surface area contributed by atoms with Crippen LogP contribution in [0.1, 0.15) is 34.6 Å². The van der Waals surface area contributed by atoms with Crippen LogP contribution >= 0.6 is 0 Å². The van der Waals surface area contributed by atoms with E-state index in [1.807, 2.05) is 0 Å². The Kier molecular flexibility index (Phi) is 5.57. The summed E-state index contributed by atoms with van der Waals surface area (Å²) in [6, 6.07) is -0.897. The fourth-order valence-electron chi connectivity index (χ4n) is 1.05. The highest BCUT2D eigenvalue weighted by Crippen LogP contribution is 2.12. The Balaban J connectivity index is 4.83. The van der Waals surface area contributed by atoms with Gasteiger partial charge in [0.05, 0.1) is 0 Å². The monoisotopic (exact) mass is 266 g/mol. The van der Waals surface area contributed by atoms with Gasteiger partial charge in [-0.15, -0.1) is 0 Å². The Morgan fingerprint density at radius 1 is 1.24 bits per heavy atom. The van der Waals surface area contributed by atoms with E-state index in [4.69, 9.17) is 4.74 Å². The van der Waals surface area contributed by atoms with Gasteiger partial charge in [-0.25, -0.2) is 4.72 Å². The maximum absolute atomic E-state index is 11.8. The van der Waals surface area contributed by atoms with E-state index in [9.17, 15) is 13.2 Å². The minimum Gasteiger partial charge on any atom is -0.459 e. The van der Waals surface area contributed by atoms with E-state index in [1.54, 1.807) is 34.6 Å². The molecule has 0 heterocycles. The van der Waals surface area contributed by atoms with Crippen molar-refractivity contribution in [1.29, 1.82) is 0 Å². The van der Waals surface area contributed by atoms with Gasteiger partial charge in [0.2, 0.25) is 0 Å². The van der Waals surface area contributed by atoms with Crippen molar-refractivity contribution >= 4 is 16.2 Å². The molecule has 0 rings (SSSR count). The number of hydrogen-bond donors (Lipinski definition) is 2. The summed E-state index contributed by atoms with van der Waals surface area (Å²) in [6.45, 7) is 8.68. The summed E-state index contributed by atoms with van der Waals surface area (Å²) < 4.78 is 32.2. The minimum atomic E-state index is -3.67. The van der Waals surface area contributed by atoms with Crippen molar-refractivity contribution in [3.05, 3.63) is 0 Å².